The number of rotatable bonds is 10. The number of aryl methyl sites for hydroxylation is 1. The summed E-state index contributed by atoms with van der Waals surface area (Å²) in [7, 11) is 0. The Bertz CT molecular complexity index is 901. The zero-order valence-electron chi connectivity index (χ0n) is 17.1. The van der Waals surface area contributed by atoms with E-state index in [-0.39, 0.29) is 5.91 Å². The third kappa shape index (κ3) is 6.43. The van der Waals surface area contributed by atoms with Gasteiger partial charge in [0.15, 0.2) is 5.13 Å². The van der Waals surface area contributed by atoms with Crippen molar-refractivity contribution in [1.29, 1.82) is 0 Å². The molecular formula is C24H28N2O2S. The minimum atomic E-state index is -0.157. The second-order valence-electron chi connectivity index (χ2n) is 7.01. The summed E-state index contributed by atoms with van der Waals surface area (Å²) in [6, 6.07) is 15.9. The van der Waals surface area contributed by atoms with Gasteiger partial charge in [0.25, 0.3) is 5.91 Å². The molecule has 1 amide bonds. The standard InChI is InChI=1S/C24H28N2O2S/c1-3-5-6-15-28-21-13-11-20(12-14-21)23(27)26-24-25-17-22(29-24)16-19-9-7-18(4-2)8-10-19/h7-14,17H,3-6,15-16H2,1-2H3,(H,25,26,27). The maximum absolute atomic E-state index is 12.5. The monoisotopic (exact) mass is 408 g/mol. The molecule has 5 heteroatoms. The van der Waals surface area contributed by atoms with E-state index in [0.29, 0.717) is 17.3 Å². The predicted octanol–water partition coefficient (Wildman–Crippen LogP) is 6.12. The van der Waals surface area contributed by atoms with Gasteiger partial charge in [-0.05, 0) is 48.2 Å². The summed E-state index contributed by atoms with van der Waals surface area (Å²) in [6.45, 7) is 5.03. The number of amides is 1. The molecule has 2 aromatic carbocycles. The number of carbonyl (C=O) groups is 1. The van der Waals surface area contributed by atoms with Crippen molar-refractivity contribution in [2.24, 2.45) is 0 Å². The summed E-state index contributed by atoms with van der Waals surface area (Å²) in [6.07, 6.45) is 7.09. The molecule has 1 heterocycles. The van der Waals surface area contributed by atoms with Crippen LogP contribution in [0.1, 0.15) is 59.5 Å². The number of unbranched alkanes of at least 4 members (excludes halogenated alkanes) is 2. The Labute approximate surface area is 177 Å². The first kappa shape index (κ1) is 21.1. The Morgan fingerprint density at radius 2 is 1.72 bits per heavy atom. The van der Waals surface area contributed by atoms with Crippen molar-refractivity contribution in [2.75, 3.05) is 11.9 Å². The van der Waals surface area contributed by atoms with Crippen LogP contribution >= 0.6 is 11.3 Å². The highest BCUT2D eigenvalue weighted by Gasteiger charge is 2.10. The molecule has 0 bridgehead atoms. The molecule has 0 spiro atoms. The van der Waals surface area contributed by atoms with Gasteiger partial charge in [-0.15, -0.1) is 11.3 Å². The molecule has 0 aliphatic heterocycles. The summed E-state index contributed by atoms with van der Waals surface area (Å²) < 4.78 is 5.69. The summed E-state index contributed by atoms with van der Waals surface area (Å²) >= 11 is 1.51. The molecule has 0 saturated heterocycles. The molecular weight excluding hydrogens is 380 g/mol. The van der Waals surface area contributed by atoms with Gasteiger partial charge in [0.2, 0.25) is 0 Å². The average molecular weight is 409 g/mol. The molecule has 0 atom stereocenters. The van der Waals surface area contributed by atoms with Crippen molar-refractivity contribution in [3.8, 4) is 5.75 Å². The SMILES string of the molecule is CCCCCOc1ccc(C(=O)Nc2ncc(Cc3ccc(CC)cc3)s2)cc1. The van der Waals surface area contributed by atoms with Crippen LogP contribution in [0.3, 0.4) is 0 Å². The lowest BCUT2D eigenvalue weighted by Crippen LogP contribution is -2.11. The van der Waals surface area contributed by atoms with Crippen LogP contribution in [-0.2, 0) is 12.8 Å². The summed E-state index contributed by atoms with van der Waals surface area (Å²) in [4.78, 5) is 18.0. The maximum atomic E-state index is 12.5. The van der Waals surface area contributed by atoms with Gasteiger partial charge in [-0.1, -0.05) is 51.0 Å². The van der Waals surface area contributed by atoms with Crippen LogP contribution in [0.15, 0.2) is 54.7 Å². The minimum absolute atomic E-state index is 0.157. The molecule has 152 valence electrons. The normalized spacial score (nSPS) is 10.7. The molecule has 29 heavy (non-hydrogen) atoms. The highest BCUT2D eigenvalue weighted by Crippen LogP contribution is 2.22. The van der Waals surface area contributed by atoms with Crippen LogP contribution in [0.4, 0.5) is 5.13 Å². The molecule has 1 N–H and O–H groups in total. The van der Waals surface area contributed by atoms with Gasteiger partial charge in [0, 0.05) is 23.1 Å². The fraction of sp³-hybridized carbons (Fsp3) is 0.333. The third-order valence-electron chi connectivity index (χ3n) is 4.72. The van der Waals surface area contributed by atoms with Crippen LogP contribution in [0.2, 0.25) is 0 Å². The Balaban J connectivity index is 1.52. The second-order valence-corrected chi connectivity index (χ2v) is 8.13. The molecule has 0 aliphatic rings. The third-order valence-corrected chi connectivity index (χ3v) is 5.63. The van der Waals surface area contributed by atoms with Gasteiger partial charge < -0.3 is 4.74 Å². The number of thiazole rings is 1. The molecule has 0 radical (unpaired) electrons. The number of aromatic nitrogens is 1. The molecule has 0 unspecified atom stereocenters. The van der Waals surface area contributed by atoms with Crippen molar-refractivity contribution in [2.45, 2.75) is 46.0 Å². The number of nitrogens with zero attached hydrogens (tertiary/aromatic N) is 1. The lowest BCUT2D eigenvalue weighted by molar-refractivity contribution is 0.102. The smallest absolute Gasteiger partial charge is 0.257 e. The van der Waals surface area contributed by atoms with Gasteiger partial charge in [-0.3, -0.25) is 10.1 Å². The van der Waals surface area contributed by atoms with E-state index in [4.69, 9.17) is 4.74 Å². The van der Waals surface area contributed by atoms with Gasteiger partial charge in [0.1, 0.15) is 5.75 Å². The molecule has 4 nitrogen and oxygen atoms in total. The van der Waals surface area contributed by atoms with E-state index >= 15 is 0 Å². The summed E-state index contributed by atoms with van der Waals surface area (Å²) in [5.41, 5.74) is 3.18. The molecule has 3 aromatic rings. The zero-order valence-corrected chi connectivity index (χ0v) is 17.9. The number of hydrogen-bond donors (Lipinski definition) is 1. The van der Waals surface area contributed by atoms with Crippen molar-refractivity contribution in [3.05, 3.63) is 76.3 Å². The van der Waals surface area contributed by atoms with Crippen LogP contribution in [0, 0.1) is 0 Å². The van der Waals surface area contributed by atoms with E-state index in [0.717, 1.165) is 29.9 Å². The second kappa shape index (κ2) is 10.8. The topological polar surface area (TPSA) is 51.2 Å². The molecule has 3 rings (SSSR count). The fourth-order valence-corrected chi connectivity index (χ4v) is 3.80. The molecule has 0 aliphatic carbocycles. The number of anilines is 1. The fourth-order valence-electron chi connectivity index (χ4n) is 2.95. The highest BCUT2D eigenvalue weighted by molar-refractivity contribution is 7.15. The maximum Gasteiger partial charge on any atom is 0.257 e. The number of carbonyl (C=O) groups excluding carboxylic acids is 1. The summed E-state index contributed by atoms with van der Waals surface area (Å²) in [5, 5.41) is 3.51. The van der Waals surface area contributed by atoms with Crippen molar-refractivity contribution in [3.63, 3.8) is 0 Å². The predicted molar refractivity (Wildman–Crippen MR) is 120 cm³/mol. The number of benzene rings is 2. The first-order chi connectivity index (χ1) is 14.2. The molecule has 1 aromatic heterocycles. The van der Waals surface area contributed by atoms with Crippen LogP contribution in [0.5, 0.6) is 5.75 Å². The van der Waals surface area contributed by atoms with E-state index in [9.17, 15) is 4.79 Å². The van der Waals surface area contributed by atoms with E-state index in [1.165, 1.54) is 35.3 Å². The average Bonchev–Trinajstić information content (AvgIpc) is 3.19. The van der Waals surface area contributed by atoms with Crippen LogP contribution in [-0.4, -0.2) is 17.5 Å². The van der Waals surface area contributed by atoms with Gasteiger partial charge in [-0.2, -0.15) is 0 Å². The Morgan fingerprint density at radius 1 is 1.00 bits per heavy atom. The van der Waals surface area contributed by atoms with Gasteiger partial charge in [-0.25, -0.2) is 4.98 Å². The molecule has 0 saturated carbocycles. The van der Waals surface area contributed by atoms with Gasteiger partial charge >= 0.3 is 0 Å². The van der Waals surface area contributed by atoms with Crippen molar-refractivity contribution >= 4 is 22.4 Å². The Kier molecular flexibility index (Phi) is 7.82. The van der Waals surface area contributed by atoms with Gasteiger partial charge in [0.05, 0.1) is 6.61 Å². The quantitative estimate of drug-likeness (QED) is 0.411. The number of ether oxygens (including phenoxy) is 1. The van der Waals surface area contributed by atoms with Crippen molar-refractivity contribution < 1.29 is 9.53 Å². The Hall–Kier alpha value is -2.66. The van der Waals surface area contributed by atoms with Crippen LogP contribution < -0.4 is 10.1 Å². The van der Waals surface area contributed by atoms with E-state index < -0.39 is 0 Å². The van der Waals surface area contributed by atoms with E-state index in [1.54, 1.807) is 12.1 Å². The summed E-state index contributed by atoms with van der Waals surface area (Å²) in [5.74, 6) is 0.638. The first-order valence-electron chi connectivity index (χ1n) is 10.2. The van der Waals surface area contributed by atoms with E-state index in [2.05, 4.69) is 48.4 Å². The largest absolute Gasteiger partial charge is 0.494 e. The minimum Gasteiger partial charge on any atom is -0.494 e. The Morgan fingerprint density at radius 3 is 2.41 bits per heavy atom. The lowest BCUT2D eigenvalue weighted by atomic mass is 10.1. The highest BCUT2D eigenvalue weighted by atomic mass is 32.1. The number of nitrogens with one attached hydrogen (secondary N) is 1. The number of hydrogen-bond acceptors (Lipinski definition) is 4. The first-order valence-corrected chi connectivity index (χ1v) is 11.1. The van der Waals surface area contributed by atoms with E-state index in [1.807, 2.05) is 18.3 Å². The lowest BCUT2D eigenvalue weighted by Gasteiger charge is -2.07. The molecule has 0 fully saturated rings. The van der Waals surface area contributed by atoms with Crippen LogP contribution in [0.25, 0.3) is 0 Å². The van der Waals surface area contributed by atoms with Crippen molar-refractivity contribution in [1.82, 2.24) is 4.98 Å². The zero-order chi connectivity index (χ0) is 20.5.